The summed E-state index contributed by atoms with van der Waals surface area (Å²) >= 11 is 0. The highest BCUT2D eigenvalue weighted by Gasteiger charge is 2.37. The maximum atomic E-state index is 13.4. The largest absolute Gasteiger partial charge is 0.462 e. The van der Waals surface area contributed by atoms with Crippen LogP contribution in [-0.2, 0) is 19.6 Å². The van der Waals surface area contributed by atoms with Gasteiger partial charge in [0.15, 0.2) is 0 Å². The van der Waals surface area contributed by atoms with Gasteiger partial charge >= 0.3 is 5.97 Å². The number of ether oxygens (including phenoxy) is 1. The standard InChI is InChI=1S/C23H37N3O5S/c1-4-31-23(28)20-16(2)24-17(3)21(20)32(29,30)26-14-12-18(13-15-26)22(27)25-19-10-8-6-5-7-9-11-19/h18-19,24H,4-15H2,1-3H3,(H,25,27). The Balaban J connectivity index is 1.65. The van der Waals surface area contributed by atoms with Gasteiger partial charge in [0.1, 0.15) is 10.5 Å². The molecule has 8 nitrogen and oxygen atoms in total. The highest BCUT2D eigenvalue weighted by atomic mass is 32.2. The number of piperidine rings is 1. The van der Waals surface area contributed by atoms with Crippen LogP contribution < -0.4 is 5.32 Å². The maximum Gasteiger partial charge on any atom is 0.341 e. The Morgan fingerprint density at radius 1 is 1.00 bits per heavy atom. The number of H-pyrrole nitrogens is 1. The third kappa shape index (κ3) is 5.54. The molecule has 9 heteroatoms. The van der Waals surface area contributed by atoms with Crippen molar-refractivity contribution in [1.82, 2.24) is 14.6 Å². The molecule has 180 valence electrons. The van der Waals surface area contributed by atoms with E-state index in [0.29, 0.717) is 24.2 Å². The number of aryl methyl sites for hydroxylation is 2. The molecule has 0 spiro atoms. The second-order valence-corrected chi connectivity index (χ2v) is 10.9. The Labute approximate surface area is 191 Å². The molecule has 2 aliphatic rings. The lowest BCUT2D eigenvalue weighted by Gasteiger charge is -2.32. The summed E-state index contributed by atoms with van der Waals surface area (Å²) in [6.45, 7) is 5.70. The number of nitrogens with zero attached hydrogens (tertiary/aromatic N) is 1. The Bertz CT molecular complexity index is 908. The van der Waals surface area contributed by atoms with Crippen molar-refractivity contribution >= 4 is 21.9 Å². The summed E-state index contributed by atoms with van der Waals surface area (Å²) in [4.78, 5) is 28.2. The number of nitrogens with one attached hydrogen (secondary N) is 2. The fourth-order valence-electron chi connectivity index (χ4n) is 4.94. The van der Waals surface area contributed by atoms with E-state index >= 15 is 0 Å². The van der Waals surface area contributed by atoms with Crippen LogP contribution in [0.3, 0.4) is 0 Å². The first-order valence-corrected chi connectivity index (χ1v) is 13.4. The highest BCUT2D eigenvalue weighted by molar-refractivity contribution is 7.89. The number of aromatic nitrogens is 1. The number of aromatic amines is 1. The molecule has 1 aromatic rings. The van der Waals surface area contributed by atoms with E-state index in [-0.39, 0.29) is 48.0 Å². The van der Waals surface area contributed by atoms with Gasteiger partial charge in [-0.15, -0.1) is 0 Å². The molecule has 2 N–H and O–H groups in total. The fourth-order valence-corrected chi connectivity index (χ4v) is 6.82. The third-order valence-corrected chi connectivity index (χ3v) is 8.74. The number of carbonyl (C=O) groups excluding carboxylic acids is 2. The average Bonchev–Trinajstić information content (AvgIpc) is 3.04. The Kier molecular flexibility index (Phi) is 8.38. The molecule has 1 saturated heterocycles. The molecule has 0 bridgehead atoms. The molecule has 3 rings (SSSR count). The van der Waals surface area contributed by atoms with Gasteiger partial charge in [-0.1, -0.05) is 32.1 Å². The summed E-state index contributed by atoms with van der Waals surface area (Å²) in [6, 6.07) is 0.238. The molecule has 1 saturated carbocycles. The normalized spacial score (nSPS) is 19.8. The van der Waals surface area contributed by atoms with E-state index in [9.17, 15) is 18.0 Å². The quantitative estimate of drug-likeness (QED) is 0.623. The monoisotopic (exact) mass is 467 g/mol. The van der Waals surface area contributed by atoms with Gasteiger partial charge in [0.05, 0.1) is 6.61 Å². The van der Waals surface area contributed by atoms with Gasteiger partial charge in [0.25, 0.3) is 0 Å². The molecule has 1 aliphatic carbocycles. The van der Waals surface area contributed by atoms with E-state index in [2.05, 4.69) is 10.3 Å². The lowest BCUT2D eigenvalue weighted by atomic mass is 9.94. The molecule has 0 atom stereocenters. The van der Waals surface area contributed by atoms with Crippen LogP contribution in [0.25, 0.3) is 0 Å². The van der Waals surface area contributed by atoms with Crippen LogP contribution in [-0.4, -0.2) is 55.3 Å². The van der Waals surface area contributed by atoms with Gasteiger partial charge in [-0.05, 0) is 46.5 Å². The first-order valence-electron chi connectivity index (χ1n) is 11.9. The van der Waals surface area contributed by atoms with Gasteiger partial charge in [0.2, 0.25) is 15.9 Å². The molecule has 0 aromatic carbocycles. The van der Waals surface area contributed by atoms with Crippen molar-refractivity contribution < 1.29 is 22.7 Å². The first kappa shape index (κ1) is 24.8. The van der Waals surface area contributed by atoms with Crippen LogP contribution in [0.5, 0.6) is 0 Å². The van der Waals surface area contributed by atoms with Crippen LogP contribution >= 0.6 is 0 Å². The van der Waals surface area contributed by atoms with Crippen LogP contribution in [0.15, 0.2) is 4.90 Å². The van der Waals surface area contributed by atoms with Gasteiger partial charge in [0, 0.05) is 36.4 Å². The Morgan fingerprint density at radius 2 is 1.59 bits per heavy atom. The molecule has 32 heavy (non-hydrogen) atoms. The number of carbonyl (C=O) groups is 2. The molecule has 1 aromatic heterocycles. The Hall–Kier alpha value is -1.87. The van der Waals surface area contributed by atoms with Crippen molar-refractivity contribution in [3.8, 4) is 0 Å². The fraction of sp³-hybridized carbons (Fsp3) is 0.739. The average molecular weight is 468 g/mol. The van der Waals surface area contributed by atoms with Crippen molar-refractivity contribution in [2.45, 2.75) is 89.5 Å². The molecular weight excluding hydrogens is 430 g/mol. The van der Waals surface area contributed by atoms with Gasteiger partial charge in [-0.3, -0.25) is 4.79 Å². The minimum absolute atomic E-state index is 0.00845. The van der Waals surface area contributed by atoms with E-state index in [1.165, 1.54) is 23.6 Å². The number of sulfonamides is 1. The Morgan fingerprint density at radius 3 is 2.19 bits per heavy atom. The summed E-state index contributed by atoms with van der Waals surface area (Å²) in [7, 11) is -3.88. The first-order chi connectivity index (χ1) is 15.3. The molecule has 2 fully saturated rings. The number of rotatable bonds is 6. The highest BCUT2D eigenvalue weighted by Crippen LogP contribution is 2.30. The zero-order valence-electron chi connectivity index (χ0n) is 19.5. The zero-order chi connectivity index (χ0) is 23.3. The van der Waals surface area contributed by atoms with Crippen molar-refractivity contribution in [3.63, 3.8) is 0 Å². The number of hydrogen-bond donors (Lipinski definition) is 2. The predicted molar refractivity (Wildman–Crippen MR) is 122 cm³/mol. The van der Waals surface area contributed by atoms with E-state index in [4.69, 9.17) is 4.74 Å². The van der Waals surface area contributed by atoms with Crippen molar-refractivity contribution in [2.75, 3.05) is 19.7 Å². The smallest absolute Gasteiger partial charge is 0.341 e. The lowest BCUT2D eigenvalue weighted by molar-refractivity contribution is -0.127. The third-order valence-electron chi connectivity index (χ3n) is 6.67. The maximum absolute atomic E-state index is 13.4. The SMILES string of the molecule is CCOC(=O)c1c(C)[nH]c(C)c1S(=O)(=O)N1CCC(C(=O)NC2CCCCCCC2)CC1. The van der Waals surface area contributed by atoms with Crippen molar-refractivity contribution in [3.05, 3.63) is 17.0 Å². The van der Waals surface area contributed by atoms with Gasteiger partial charge in [-0.2, -0.15) is 4.31 Å². The van der Waals surface area contributed by atoms with Crippen LogP contribution in [0.2, 0.25) is 0 Å². The topological polar surface area (TPSA) is 109 Å². The number of esters is 1. The summed E-state index contributed by atoms with van der Waals surface area (Å²) in [5, 5.41) is 3.22. The summed E-state index contributed by atoms with van der Waals surface area (Å²) < 4.78 is 33.3. The van der Waals surface area contributed by atoms with Crippen LogP contribution in [0.1, 0.15) is 86.5 Å². The second kappa shape index (κ2) is 10.8. The van der Waals surface area contributed by atoms with Crippen molar-refractivity contribution in [1.29, 1.82) is 0 Å². The van der Waals surface area contributed by atoms with Crippen molar-refractivity contribution in [2.24, 2.45) is 5.92 Å². The minimum atomic E-state index is -3.88. The van der Waals surface area contributed by atoms with E-state index in [0.717, 1.165) is 25.7 Å². The number of hydrogen-bond acceptors (Lipinski definition) is 5. The summed E-state index contributed by atoms with van der Waals surface area (Å²) in [5.74, 6) is -0.764. The molecule has 1 amide bonds. The van der Waals surface area contributed by atoms with Crippen LogP contribution in [0, 0.1) is 19.8 Å². The van der Waals surface area contributed by atoms with E-state index in [1.54, 1.807) is 20.8 Å². The molecule has 2 heterocycles. The van der Waals surface area contributed by atoms with Gasteiger partial charge in [-0.25, -0.2) is 13.2 Å². The zero-order valence-corrected chi connectivity index (χ0v) is 20.4. The minimum Gasteiger partial charge on any atom is -0.462 e. The summed E-state index contributed by atoms with van der Waals surface area (Å²) in [5.41, 5.74) is 0.983. The van der Waals surface area contributed by atoms with E-state index in [1.807, 2.05) is 0 Å². The number of amides is 1. The molecule has 1 aliphatic heterocycles. The predicted octanol–water partition coefficient (Wildman–Crippen LogP) is 3.44. The van der Waals surface area contributed by atoms with E-state index < -0.39 is 16.0 Å². The second-order valence-electron chi connectivity index (χ2n) is 9.03. The molecule has 0 unspecified atom stereocenters. The molecular formula is C23H37N3O5S. The van der Waals surface area contributed by atoms with Gasteiger partial charge < -0.3 is 15.0 Å². The molecule has 0 radical (unpaired) electrons. The lowest BCUT2D eigenvalue weighted by Crippen LogP contribution is -2.45. The van der Waals surface area contributed by atoms with Crippen LogP contribution in [0.4, 0.5) is 0 Å². The summed E-state index contributed by atoms with van der Waals surface area (Å²) in [6.07, 6.45) is 9.07.